The fraction of sp³-hybridized carbons (Fsp3) is 0.188. The first-order valence-electron chi connectivity index (χ1n) is 6.47. The zero-order valence-electron chi connectivity index (χ0n) is 11.0. The van der Waals surface area contributed by atoms with Gasteiger partial charge in [0.15, 0.2) is 0 Å². The van der Waals surface area contributed by atoms with Crippen molar-refractivity contribution in [3.8, 4) is 0 Å². The van der Waals surface area contributed by atoms with Gasteiger partial charge in [0.25, 0.3) is 0 Å². The van der Waals surface area contributed by atoms with Crippen LogP contribution in [-0.2, 0) is 13.0 Å². The first-order valence-corrected chi connectivity index (χ1v) is 6.47. The first kappa shape index (κ1) is 11.9. The average molecular weight is 251 g/mol. The maximum atomic E-state index is 5.74. The summed E-state index contributed by atoms with van der Waals surface area (Å²) >= 11 is 0. The molecule has 0 saturated carbocycles. The molecule has 0 atom stereocenters. The van der Waals surface area contributed by atoms with E-state index in [1.807, 2.05) is 22.7 Å². The standard InChI is InChI=1S/C16H17N3/c1-12-4-2-5-13(8-12)9-15-11-19-7-3-6-14(10-17)16(19)18-15/h2-8,11H,9-10,17H2,1H3. The van der Waals surface area contributed by atoms with Crippen molar-refractivity contribution in [2.24, 2.45) is 5.73 Å². The molecule has 1 aromatic carbocycles. The molecule has 0 bridgehead atoms. The molecular formula is C16H17N3. The summed E-state index contributed by atoms with van der Waals surface area (Å²) in [4.78, 5) is 4.69. The molecule has 2 N–H and O–H groups in total. The number of aryl methyl sites for hydroxylation is 1. The van der Waals surface area contributed by atoms with E-state index in [0.29, 0.717) is 6.54 Å². The second-order valence-electron chi connectivity index (χ2n) is 4.87. The maximum Gasteiger partial charge on any atom is 0.141 e. The molecular weight excluding hydrogens is 234 g/mol. The summed E-state index contributed by atoms with van der Waals surface area (Å²) in [6, 6.07) is 12.6. The Morgan fingerprint density at radius 2 is 2.11 bits per heavy atom. The SMILES string of the molecule is Cc1cccc(Cc2cn3cccc(CN)c3n2)c1. The smallest absolute Gasteiger partial charge is 0.141 e. The van der Waals surface area contributed by atoms with E-state index in [2.05, 4.69) is 37.4 Å². The molecule has 0 aliphatic heterocycles. The van der Waals surface area contributed by atoms with Crippen LogP contribution in [0.4, 0.5) is 0 Å². The van der Waals surface area contributed by atoms with E-state index in [9.17, 15) is 0 Å². The minimum Gasteiger partial charge on any atom is -0.326 e. The normalized spacial score (nSPS) is 11.1. The van der Waals surface area contributed by atoms with Gasteiger partial charge in [0.2, 0.25) is 0 Å². The Morgan fingerprint density at radius 3 is 2.89 bits per heavy atom. The predicted molar refractivity (Wildman–Crippen MR) is 77.1 cm³/mol. The van der Waals surface area contributed by atoms with Gasteiger partial charge in [0, 0.05) is 30.9 Å². The molecule has 0 fully saturated rings. The number of pyridine rings is 1. The number of aromatic nitrogens is 2. The lowest BCUT2D eigenvalue weighted by atomic mass is 10.1. The molecule has 0 spiro atoms. The lowest BCUT2D eigenvalue weighted by Crippen LogP contribution is -1.99. The minimum atomic E-state index is 0.519. The topological polar surface area (TPSA) is 43.3 Å². The number of hydrogen-bond donors (Lipinski definition) is 1. The summed E-state index contributed by atoms with van der Waals surface area (Å²) in [6.45, 7) is 2.63. The third-order valence-electron chi connectivity index (χ3n) is 3.30. The van der Waals surface area contributed by atoms with Gasteiger partial charge < -0.3 is 10.1 Å². The zero-order chi connectivity index (χ0) is 13.2. The second kappa shape index (κ2) is 4.86. The van der Waals surface area contributed by atoms with Crippen LogP contribution in [0.2, 0.25) is 0 Å². The molecule has 0 radical (unpaired) electrons. The summed E-state index contributed by atoms with van der Waals surface area (Å²) < 4.78 is 2.05. The van der Waals surface area contributed by atoms with Gasteiger partial charge in [0.05, 0.1) is 5.69 Å². The summed E-state index contributed by atoms with van der Waals surface area (Å²) in [5.74, 6) is 0. The number of imidazole rings is 1. The molecule has 0 saturated heterocycles. The molecule has 3 rings (SSSR count). The lowest BCUT2D eigenvalue weighted by Gasteiger charge is -1.99. The highest BCUT2D eigenvalue weighted by molar-refractivity contribution is 5.49. The van der Waals surface area contributed by atoms with Gasteiger partial charge in [-0.3, -0.25) is 0 Å². The van der Waals surface area contributed by atoms with E-state index >= 15 is 0 Å². The lowest BCUT2D eigenvalue weighted by molar-refractivity contribution is 1.04. The highest BCUT2D eigenvalue weighted by Crippen LogP contribution is 2.14. The third-order valence-corrected chi connectivity index (χ3v) is 3.30. The number of hydrogen-bond acceptors (Lipinski definition) is 2. The van der Waals surface area contributed by atoms with Gasteiger partial charge in [-0.1, -0.05) is 35.9 Å². The highest BCUT2D eigenvalue weighted by atomic mass is 15.0. The van der Waals surface area contributed by atoms with Crippen LogP contribution in [0.25, 0.3) is 5.65 Å². The molecule has 0 amide bonds. The quantitative estimate of drug-likeness (QED) is 0.777. The molecule has 96 valence electrons. The largest absolute Gasteiger partial charge is 0.326 e. The van der Waals surface area contributed by atoms with Crippen LogP contribution in [0, 0.1) is 6.92 Å². The second-order valence-corrected chi connectivity index (χ2v) is 4.87. The van der Waals surface area contributed by atoms with E-state index in [0.717, 1.165) is 23.3 Å². The van der Waals surface area contributed by atoms with Gasteiger partial charge in [0.1, 0.15) is 5.65 Å². The van der Waals surface area contributed by atoms with Crippen molar-refractivity contribution in [1.82, 2.24) is 9.38 Å². The Labute approximate surface area is 112 Å². The van der Waals surface area contributed by atoms with E-state index in [1.165, 1.54) is 11.1 Å². The van der Waals surface area contributed by atoms with Gasteiger partial charge in [-0.05, 0) is 18.6 Å². The molecule has 3 heteroatoms. The average Bonchev–Trinajstić information content (AvgIpc) is 2.80. The molecule has 2 heterocycles. The van der Waals surface area contributed by atoms with Crippen molar-refractivity contribution in [2.75, 3.05) is 0 Å². The fourth-order valence-corrected chi connectivity index (χ4v) is 2.40. The molecule has 3 aromatic rings. The Hall–Kier alpha value is -2.13. The van der Waals surface area contributed by atoms with E-state index < -0.39 is 0 Å². The number of nitrogens with two attached hydrogens (primary N) is 1. The Balaban J connectivity index is 1.98. The first-order chi connectivity index (χ1) is 9.26. The van der Waals surface area contributed by atoms with Crippen molar-refractivity contribution < 1.29 is 0 Å². The van der Waals surface area contributed by atoms with Gasteiger partial charge in [-0.2, -0.15) is 0 Å². The Bertz CT molecular complexity index is 713. The van der Waals surface area contributed by atoms with Crippen molar-refractivity contribution in [1.29, 1.82) is 0 Å². The van der Waals surface area contributed by atoms with Gasteiger partial charge >= 0.3 is 0 Å². The highest BCUT2D eigenvalue weighted by Gasteiger charge is 2.06. The molecule has 3 nitrogen and oxygen atoms in total. The van der Waals surface area contributed by atoms with E-state index in [-0.39, 0.29) is 0 Å². The number of nitrogens with zero attached hydrogens (tertiary/aromatic N) is 2. The fourth-order valence-electron chi connectivity index (χ4n) is 2.40. The Kier molecular flexibility index (Phi) is 3.05. The zero-order valence-corrected chi connectivity index (χ0v) is 11.0. The summed E-state index contributed by atoms with van der Waals surface area (Å²) in [5, 5.41) is 0. The van der Waals surface area contributed by atoms with Crippen molar-refractivity contribution in [2.45, 2.75) is 19.9 Å². The summed E-state index contributed by atoms with van der Waals surface area (Å²) in [5.41, 5.74) is 11.4. The summed E-state index contributed by atoms with van der Waals surface area (Å²) in [7, 11) is 0. The van der Waals surface area contributed by atoms with Crippen LogP contribution >= 0.6 is 0 Å². The van der Waals surface area contributed by atoms with E-state index in [4.69, 9.17) is 10.7 Å². The maximum absolute atomic E-state index is 5.74. The molecule has 0 aliphatic rings. The van der Waals surface area contributed by atoms with Crippen LogP contribution in [0.3, 0.4) is 0 Å². The number of fused-ring (bicyclic) bond motifs is 1. The van der Waals surface area contributed by atoms with Crippen LogP contribution < -0.4 is 5.73 Å². The van der Waals surface area contributed by atoms with Crippen LogP contribution in [0.15, 0.2) is 48.8 Å². The summed E-state index contributed by atoms with van der Waals surface area (Å²) in [6.07, 6.45) is 4.95. The third kappa shape index (κ3) is 2.37. The van der Waals surface area contributed by atoms with Crippen molar-refractivity contribution >= 4 is 5.65 Å². The van der Waals surface area contributed by atoms with Gasteiger partial charge in [-0.25, -0.2) is 4.98 Å². The van der Waals surface area contributed by atoms with Crippen molar-refractivity contribution in [3.63, 3.8) is 0 Å². The van der Waals surface area contributed by atoms with Gasteiger partial charge in [-0.15, -0.1) is 0 Å². The monoisotopic (exact) mass is 251 g/mol. The van der Waals surface area contributed by atoms with Crippen molar-refractivity contribution in [3.05, 3.63) is 71.2 Å². The number of benzene rings is 1. The molecule has 0 unspecified atom stereocenters. The Morgan fingerprint density at radius 1 is 1.21 bits per heavy atom. The minimum absolute atomic E-state index is 0.519. The molecule has 19 heavy (non-hydrogen) atoms. The molecule has 0 aliphatic carbocycles. The van der Waals surface area contributed by atoms with Crippen LogP contribution in [0.1, 0.15) is 22.4 Å². The van der Waals surface area contributed by atoms with Crippen LogP contribution in [0.5, 0.6) is 0 Å². The molecule has 2 aromatic heterocycles. The van der Waals surface area contributed by atoms with E-state index in [1.54, 1.807) is 0 Å². The van der Waals surface area contributed by atoms with Crippen LogP contribution in [-0.4, -0.2) is 9.38 Å². The number of rotatable bonds is 3. The predicted octanol–water partition coefficient (Wildman–Crippen LogP) is 2.69.